The normalized spacial score (nSPS) is 13.9. The number of benzene rings is 2. The number of nitrogens with zero attached hydrogens (tertiary/aromatic N) is 2. The lowest BCUT2D eigenvalue weighted by molar-refractivity contribution is -0.110. The van der Waals surface area contributed by atoms with Gasteiger partial charge in [0.25, 0.3) is 11.8 Å². The second kappa shape index (κ2) is 10.1. The smallest absolute Gasteiger partial charge is 0.256 e. The maximum Gasteiger partial charge on any atom is 0.256 e. The van der Waals surface area contributed by atoms with Crippen LogP contribution in [0, 0.1) is 5.82 Å². The van der Waals surface area contributed by atoms with Gasteiger partial charge in [-0.15, -0.1) is 0 Å². The average Bonchev–Trinajstić information content (AvgIpc) is 3.36. The van der Waals surface area contributed by atoms with E-state index < -0.39 is 0 Å². The van der Waals surface area contributed by atoms with Crippen LogP contribution in [-0.4, -0.2) is 47.5 Å². The molecule has 3 aromatic rings. The Hall–Kier alpha value is -3.71. The highest BCUT2D eigenvalue weighted by Gasteiger charge is 2.27. The molecule has 0 radical (unpaired) electrons. The van der Waals surface area contributed by atoms with Crippen molar-refractivity contribution in [3.05, 3.63) is 77.4 Å². The van der Waals surface area contributed by atoms with Crippen molar-refractivity contribution in [1.82, 2.24) is 14.8 Å². The molecule has 0 bridgehead atoms. The fourth-order valence-corrected chi connectivity index (χ4v) is 4.22. The fraction of sp³-hybridized carbons (Fsp3) is 0.259. The van der Waals surface area contributed by atoms with E-state index in [1.807, 2.05) is 29.8 Å². The minimum atomic E-state index is -0.312. The minimum absolute atomic E-state index is 0.143. The molecular formula is C27H29FN4O2. The number of nitrogens with one attached hydrogen (secondary N) is 2. The van der Waals surface area contributed by atoms with Gasteiger partial charge in [-0.05, 0) is 54.6 Å². The van der Waals surface area contributed by atoms with Crippen LogP contribution in [0.25, 0.3) is 22.8 Å². The summed E-state index contributed by atoms with van der Waals surface area (Å²) in [4.78, 5) is 27.8. The number of amides is 2. The number of hydrogen-bond acceptors (Lipinski definition) is 3. The topological polar surface area (TPSA) is 66.4 Å². The van der Waals surface area contributed by atoms with Crippen LogP contribution < -0.4 is 10.6 Å². The van der Waals surface area contributed by atoms with Gasteiger partial charge in [0.1, 0.15) is 5.82 Å². The lowest BCUT2D eigenvalue weighted by Gasteiger charge is -2.17. The van der Waals surface area contributed by atoms with Gasteiger partial charge in [0.15, 0.2) is 0 Å². The van der Waals surface area contributed by atoms with E-state index in [9.17, 15) is 14.0 Å². The molecule has 2 heterocycles. The van der Waals surface area contributed by atoms with Crippen LogP contribution in [0.5, 0.6) is 0 Å². The van der Waals surface area contributed by atoms with Crippen molar-refractivity contribution in [2.45, 2.75) is 13.8 Å². The second-order valence-corrected chi connectivity index (χ2v) is 8.29. The van der Waals surface area contributed by atoms with E-state index in [1.165, 1.54) is 12.1 Å². The first-order valence-electron chi connectivity index (χ1n) is 11.5. The SMILES string of the molecule is CCN(CC)CCNC(=O)c1cc(C=C2C(=O)Nc3cccc(-c4ccc(F)cc4)c32)n(C)c1. The number of fused-ring (bicyclic) bond motifs is 1. The number of carbonyl (C=O) groups excluding carboxylic acids is 2. The summed E-state index contributed by atoms with van der Waals surface area (Å²) in [6.45, 7) is 7.45. The van der Waals surface area contributed by atoms with Gasteiger partial charge in [-0.3, -0.25) is 9.59 Å². The molecule has 4 rings (SSSR count). The molecular weight excluding hydrogens is 431 g/mol. The standard InChI is InChI=1S/C27H29FN4O2/c1-4-32(5-2)14-13-29-26(33)19-15-21(31(3)17-19)16-23-25-22(18-9-11-20(28)12-10-18)7-6-8-24(25)30-27(23)34/h6-12,15-17H,4-5,13-14H2,1-3H3,(H,29,33)(H,30,34). The van der Waals surface area contributed by atoms with Crippen LogP contribution in [-0.2, 0) is 11.8 Å². The van der Waals surface area contributed by atoms with Crippen molar-refractivity contribution >= 4 is 29.2 Å². The summed E-state index contributed by atoms with van der Waals surface area (Å²) in [7, 11) is 1.85. The van der Waals surface area contributed by atoms with E-state index in [1.54, 1.807) is 30.5 Å². The van der Waals surface area contributed by atoms with E-state index in [0.717, 1.165) is 42.0 Å². The molecule has 34 heavy (non-hydrogen) atoms. The molecule has 0 unspecified atom stereocenters. The number of aromatic nitrogens is 1. The van der Waals surface area contributed by atoms with E-state index in [4.69, 9.17) is 0 Å². The van der Waals surface area contributed by atoms with Gasteiger partial charge in [-0.2, -0.15) is 0 Å². The lowest BCUT2D eigenvalue weighted by Crippen LogP contribution is -2.34. The molecule has 0 saturated carbocycles. The molecule has 1 aliphatic rings. The molecule has 2 aromatic carbocycles. The molecule has 7 heteroatoms. The fourth-order valence-electron chi connectivity index (χ4n) is 4.22. The zero-order chi connectivity index (χ0) is 24.2. The van der Waals surface area contributed by atoms with E-state index in [2.05, 4.69) is 29.4 Å². The highest BCUT2D eigenvalue weighted by atomic mass is 19.1. The first kappa shape index (κ1) is 23.4. The van der Waals surface area contributed by atoms with Crippen molar-refractivity contribution in [2.75, 3.05) is 31.5 Å². The quantitative estimate of drug-likeness (QED) is 0.490. The van der Waals surface area contributed by atoms with Crippen LogP contribution >= 0.6 is 0 Å². The number of anilines is 1. The summed E-state index contributed by atoms with van der Waals surface area (Å²) in [5.41, 5.74) is 4.92. The van der Waals surface area contributed by atoms with Gasteiger partial charge in [0, 0.05) is 43.3 Å². The third kappa shape index (κ3) is 4.79. The average molecular weight is 461 g/mol. The zero-order valence-electron chi connectivity index (χ0n) is 19.7. The van der Waals surface area contributed by atoms with Crippen molar-refractivity contribution in [2.24, 2.45) is 7.05 Å². The largest absolute Gasteiger partial charge is 0.351 e. The minimum Gasteiger partial charge on any atom is -0.351 e. The van der Waals surface area contributed by atoms with Crippen molar-refractivity contribution in [1.29, 1.82) is 0 Å². The molecule has 1 aliphatic heterocycles. The van der Waals surface area contributed by atoms with Crippen LogP contribution in [0.15, 0.2) is 54.7 Å². The Labute approximate surface area is 199 Å². The van der Waals surface area contributed by atoms with Crippen molar-refractivity contribution in [3.8, 4) is 11.1 Å². The number of rotatable bonds is 8. The number of likely N-dealkylation sites (N-methyl/N-ethyl adjacent to an activating group) is 1. The number of halogens is 1. The third-order valence-electron chi connectivity index (χ3n) is 6.19. The third-order valence-corrected chi connectivity index (χ3v) is 6.19. The molecule has 0 fully saturated rings. The summed E-state index contributed by atoms with van der Waals surface area (Å²) in [5, 5.41) is 5.88. The molecule has 2 N–H and O–H groups in total. The molecule has 0 spiro atoms. The first-order chi connectivity index (χ1) is 16.4. The number of carbonyl (C=O) groups is 2. The van der Waals surface area contributed by atoms with Crippen LogP contribution in [0.4, 0.5) is 10.1 Å². The Kier molecular flexibility index (Phi) is 6.93. The molecule has 1 aromatic heterocycles. The second-order valence-electron chi connectivity index (χ2n) is 8.29. The summed E-state index contributed by atoms with van der Waals surface area (Å²) in [6.07, 6.45) is 3.56. The van der Waals surface area contributed by atoms with E-state index >= 15 is 0 Å². The van der Waals surface area contributed by atoms with E-state index in [-0.39, 0.29) is 17.6 Å². The predicted octanol–water partition coefficient (Wildman–Crippen LogP) is 4.40. The van der Waals surface area contributed by atoms with E-state index in [0.29, 0.717) is 23.4 Å². The maximum absolute atomic E-state index is 13.5. The van der Waals surface area contributed by atoms with Gasteiger partial charge in [-0.1, -0.05) is 38.1 Å². The molecule has 0 saturated heterocycles. The highest BCUT2D eigenvalue weighted by molar-refractivity contribution is 6.36. The summed E-state index contributed by atoms with van der Waals surface area (Å²) >= 11 is 0. The summed E-state index contributed by atoms with van der Waals surface area (Å²) < 4.78 is 15.3. The number of hydrogen-bond donors (Lipinski definition) is 2. The molecule has 2 amide bonds. The van der Waals surface area contributed by atoms with Gasteiger partial charge in [0.05, 0.1) is 11.1 Å². The monoisotopic (exact) mass is 460 g/mol. The molecule has 0 aliphatic carbocycles. The summed E-state index contributed by atoms with van der Waals surface area (Å²) in [5.74, 6) is -0.667. The Morgan fingerprint density at radius 2 is 1.88 bits per heavy atom. The van der Waals surface area contributed by atoms with Crippen LogP contribution in [0.2, 0.25) is 0 Å². The van der Waals surface area contributed by atoms with Crippen LogP contribution in [0.1, 0.15) is 35.5 Å². The molecule has 176 valence electrons. The zero-order valence-corrected chi connectivity index (χ0v) is 19.7. The Balaban J connectivity index is 1.62. The molecule has 6 nitrogen and oxygen atoms in total. The van der Waals surface area contributed by atoms with Crippen molar-refractivity contribution in [3.63, 3.8) is 0 Å². The lowest BCUT2D eigenvalue weighted by atomic mass is 9.94. The first-order valence-corrected chi connectivity index (χ1v) is 11.5. The Bertz CT molecular complexity index is 1240. The van der Waals surface area contributed by atoms with Gasteiger partial charge >= 0.3 is 0 Å². The van der Waals surface area contributed by atoms with Gasteiger partial charge in [0.2, 0.25) is 0 Å². The molecule has 0 atom stereocenters. The highest BCUT2D eigenvalue weighted by Crippen LogP contribution is 2.40. The summed E-state index contributed by atoms with van der Waals surface area (Å²) in [6, 6.07) is 13.6. The predicted molar refractivity (Wildman–Crippen MR) is 134 cm³/mol. The Morgan fingerprint density at radius 1 is 1.15 bits per heavy atom. The van der Waals surface area contributed by atoms with Crippen LogP contribution in [0.3, 0.4) is 0 Å². The Morgan fingerprint density at radius 3 is 2.59 bits per heavy atom. The van der Waals surface area contributed by atoms with Gasteiger partial charge in [-0.25, -0.2) is 4.39 Å². The van der Waals surface area contributed by atoms with Gasteiger partial charge < -0.3 is 20.1 Å². The number of aryl methyl sites for hydroxylation is 1. The van der Waals surface area contributed by atoms with Crippen molar-refractivity contribution < 1.29 is 14.0 Å². The maximum atomic E-state index is 13.5.